The van der Waals surface area contributed by atoms with Crippen LogP contribution in [0.2, 0.25) is 0 Å². The molecule has 0 spiro atoms. The third-order valence-electron chi connectivity index (χ3n) is 3.03. The van der Waals surface area contributed by atoms with Gasteiger partial charge in [-0.1, -0.05) is 35.7 Å². The molecule has 0 atom stereocenters. The van der Waals surface area contributed by atoms with Crippen LogP contribution in [0.5, 0.6) is 5.75 Å². The highest BCUT2D eigenvalue weighted by Gasteiger charge is 2.36. The second-order valence-corrected chi connectivity index (χ2v) is 7.44. The minimum Gasteiger partial charge on any atom is -0.497 e. The van der Waals surface area contributed by atoms with Gasteiger partial charge in [0.15, 0.2) is 10.4 Å². The molecule has 1 aliphatic heterocycles. The normalized spacial score (nSPS) is 16.3. The Morgan fingerprint density at radius 1 is 1.22 bits per heavy atom. The van der Waals surface area contributed by atoms with Crippen LogP contribution in [-0.2, 0) is 20.9 Å². The Kier molecular flexibility index (Phi) is 5.73. The molecule has 6 nitrogen and oxygen atoms in total. The summed E-state index contributed by atoms with van der Waals surface area (Å²) in [4.78, 5) is 34.7. The van der Waals surface area contributed by atoms with Gasteiger partial charge in [-0.3, -0.25) is 14.4 Å². The summed E-state index contributed by atoms with van der Waals surface area (Å²) in [5, 5.41) is 11.5. The van der Waals surface area contributed by atoms with Crippen LogP contribution in [0.25, 0.3) is 0 Å². The van der Waals surface area contributed by atoms with Crippen molar-refractivity contribution >= 4 is 41.2 Å². The molecule has 8 heteroatoms. The van der Waals surface area contributed by atoms with E-state index < -0.39 is 16.5 Å². The van der Waals surface area contributed by atoms with E-state index in [1.54, 1.807) is 19.2 Å². The number of carbonyl (C=O) groups is 3. The van der Waals surface area contributed by atoms with Crippen LogP contribution < -0.4 is 10.1 Å². The standard InChI is InChI=1S/C15H15NO5S2/c1-8(17)11(14-22-15(23-14)13(19)20)12(18)16-7-9-3-5-10(21-2)6-4-9/h3-6,15H,7H2,1-2H3,(H,16,18)(H,19,20). The summed E-state index contributed by atoms with van der Waals surface area (Å²) in [6.07, 6.45) is 0. The van der Waals surface area contributed by atoms with Crippen LogP contribution in [0.15, 0.2) is 34.1 Å². The van der Waals surface area contributed by atoms with Gasteiger partial charge in [-0.15, -0.1) is 0 Å². The van der Waals surface area contributed by atoms with Crippen molar-refractivity contribution in [1.82, 2.24) is 5.32 Å². The van der Waals surface area contributed by atoms with Crippen LogP contribution in [-0.4, -0.2) is 34.5 Å². The molecule has 0 unspecified atom stereocenters. The summed E-state index contributed by atoms with van der Waals surface area (Å²) < 4.78 is 4.85. The zero-order valence-electron chi connectivity index (χ0n) is 12.5. The molecule has 0 aromatic heterocycles. The maximum Gasteiger partial charge on any atom is 0.327 e. The molecule has 1 saturated heterocycles. The van der Waals surface area contributed by atoms with Crippen molar-refractivity contribution in [2.45, 2.75) is 18.1 Å². The van der Waals surface area contributed by atoms with Gasteiger partial charge in [0.2, 0.25) is 0 Å². The molecule has 1 amide bonds. The van der Waals surface area contributed by atoms with E-state index >= 15 is 0 Å². The van der Waals surface area contributed by atoms with Crippen molar-refractivity contribution < 1.29 is 24.2 Å². The van der Waals surface area contributed by atoms with Gasteiger partial charge < -0.3 is 15.2 Å². The number of carboxylic acids is 1. The molecule has 23 heavy (non-hydrogen) atoms. The number of hydrogen-bond donors (Lipinski definition) is 2. The van der Waals surface area contributed by atoms with Gasteiger partial charge in [0.1, 0.15) is 11.3 Å². The van der Waals surface area contributed by atoms with E-state index in [1.165, 1.54) is 6.92 Å². The lowest BCUT2D eigenvalue weighted by molar-refractivity contribution is -0.134. The number of carbonyl (C=O) groups excluding carboxylic acids is 2. The molecule has 1 aromatic carbocycles. The number of thioether (sulfide) groups is 2. The van der Waals surface area contributed by atoms with E-state index in [0.29, 0.717) is 9.99 Å². The maximum atomic E-state index is 12.2. The first-order valence-corrected chi connectivity index (χ1v) is 8.40. The van der Waals surface area contributed by atoms with Crippen molar-refractivity contribution in [1.29, 1.82) is 0 Å². The molecular formula is C15H15NO5S2. The smallest absolute Gasteiger partial charge is 0.327 e. The van der Waals surface area contributed by atoms with E-state index in [9.17, 15) is 14.4 Å². The van der Waals surface area contributed by atoms with Crippen molar-refractivity contribution in [3.05, 3.63) is 39.6 Å². The van der Waals surface area contributed by atoms with Crippen LogP contribution in [0.1, 0.15) is 12.5 Å². The monoisotopic (exact) mass is 353 g/mol. The third-order valence-corrected chi connectivity index (χ3v) is 5.85. The van der Waals surface area contributed by atoms with E-state index in [4.69, 9.17) is 9.84 Å². The number of Topliss-reactive ketones (excluding diaryl/α,β-unsaturated/α-hetero) is 1. The molecule has 0 aliphatic carbocycles. The molecule has 2 rings (SSSR count). The quantitative estimate of drug-likeness (QED) is 0.459. The lowest BCUT2D eigenvalue weighted by Crippen LogP contribution is -2.30. The lowest BCUT2D eigenvalue weighted by Gasteiger charge is -2.25. The van der Waals surface area contributed by atoms with E-state index in [2.05, 4.69) is 5.32 Å². The molecule has 0 saturated carbocycles. The molecule has 1 fully saturated rings. The zero-order chi connectivity index (χ0) is 17.0. The van der Waals surface area contributed by atoms with Crippen LogP contribution >= 0.6 is 23.5 Å². The van der Waals surface area contributed by atoms with Crippen molar-refractivity contribution in [3.63, 3.8) is 0 Å². The Hall–Kier alpha value is -1.93. The first-order valence-electron chi connectivity index (χ1n) is 6.65. The predicted octanol–water partition coefficient (Wildman–Crippen LogP) is 2.00. The number of methoxy groups -OCH3 is 1. The van der Waals surface area contributed by atoms with Crippen molar-refractivity contribution in [2.75, 3.05) is 7.11 Å². The summed E-state index contributed by atoms with van der Waals surface area (Å²) in [7, 11) is 1.57. The fourth-order valence-electron chi connectivity index (χ4n) is 1.83. The number of rotatable bonds is 6. The maximum absolute atomic E-state index is 12.2. The van der Waals surface area contributed by atoms with Crippen LogP contribution in [0, 0.1) is 0 Å². The Labute approximate surface area is 141 Å². The van der Waals surface area contributed by atoms with Crippen LogP contribution in [0.3, 0.4) is 0 Å². The molecule has 1 heterocycles. The number of ketones is 1. The summed E-state index contributed by atoms with van der Waals surface area (Å²) in [6, 6.07) is 7.18. The summed E-state index contributed by atoms with van der Waals surface area (Å²) in [5.41, 5.74) is 0.885. The van der Waals surface area contributed by atoms with Gasteiger partial charge in [0.25, 0.3) is 5.91 Å². The number of nitrogens with one attached hydrogen (secondary N) is 1. The van der Waals surface area contributed by atoms with Crippen molar-refractivity contribution in [2.24, 2.45) is 0 Å². The van der Waals surface area contributed by atoms with Crippen molar-refractivity contribution in [3.8, 4) is 5.75 Å². The Balaban J connectivity index is 2.00. The van der Waals surface area contributed by atoms with E-state index in [-0.39, 0.29) is 17.9 Å². The minimum absolute atomic E-state index is 0.0195. The number of aliphatic carboxylic acids is 1. The molecule has 1 aliphatic rings. The number of hydrogen-bond acceptors (Lipinski definition) is 6. The highest BCUT2D eigenvalue weighted by atomic mass is 32.3. The van der Waals surface area contributed by atoms with E-state index in [1.807, 2.05) is 12.1 Å². The minimum atomic E-state index is -0.967. The molecule has 122 valence electrons. The molecule has 0 bridgehead atoms. The Bertz CT molecular complexity index is 661. The number of carboxylic acid groups (broad SMARTS) is 1. The van der Waals surface area contributed by atoms with Gasteiger partial charge in [-0.2, -0.15) is 0 Å². The summed E-state index contributed by atoms with van der Waals surface area (Å²) >= 11 is 2.04. The summed E-state index contributed by atoms with van der Waals surface area (Å²) in [5.74, 6) is -1.12. The first kappa shape index (κ1) is 17.4. The van der Waals surface area contributed by atoms with Gasteiger partial charge in [-0.25, -0.2) is 0 Å². The topological polar surface area (TPSA) is 92.7 Å². The second-order valence-electron chi connectivity index (χ2n) is 4.66. The Morgan fingerprint density at radius 3 is 2.30 bits per heavy atom. The SMILES string of the molecule is COc1ccc(CNC(=O)C(C(C)=O)=C2SC(C(=O)O)S2)cc1. The summed E-state index contributed by atoms with van der Waals surface area (Å²) in [6.45, 7) is 1.56. The number of benzene rings is 1. The lowest BCUT2D eigenvalue weighted by atomic mass is 10.2. The van der Waals surface area contributed by atoms with E-state index in [0.717, 1.165) is 29.1 Å². The van der Waals surface area contributed by atoms with Gasteiger partial charge in [0, 0.05) is 6.54 Å². The Morgan fingerprint density at radius 2 is 1.83 bits per heavy atom. The van der Waals surface area contributed by atoms with Gasteiger partial charge in [-0.05, 0) is 24.6 Å². The fourth-order valence-corrected chi connectivity index (χ4v) is 4.02. The number of ether oxygens (including phenoxy) is 1. The predicted molar refractivity (Wildman–Crippen MR) is 89.2 cm³/mol. The average Bonchev–Trinajstić information content (AvgIpc) is 2.47. The zero-order valence-corrected chi connectivity index (χ0v) is 14.1. The largest absolute Gasteiger partial charge is 0.497 e. The third kappa shape index (κ3) is 4.29. The molecular weight excluding hydrogens is 338 g/mol. The highest BCUT2D eigenvalue weighted by Crippen LogP contribution is 2.52. The van der Waals surface area contributed by atoms with Gasteiger partial charge >= 0.3 is 5.97 Å². The molecule has 1 aromatic rings. The molecule has 0 radical (unpaired) electrons. The molecule has 2 N–H and O–H groups in total. The first-order chi connectivity index (χ1) is 10.9. The number of amides is 1. The second kappa shape index (κ2) is 7.56. The average molecular weight is 353 g/mol. The highest BCUT2D eigenvalue weighted by molar-refractivity contribution is 8.39. The van der Waals surface area contributed by atoms with Gasteiger partial charge in [0.05, 0.1) is 11.3 Å². The van der Waals surface area contributed by atoms with Crippen LogP contribution in [0.4, 0.5) is 0 Å². The fraction of sp³-hybridized carbons (Fsp3) is 0.267.